The molecule has 2 fully saturated rings. The molecule has 21 heavy (non-hydrogen) atoms. The van der Waals surface area contributed by atoms with Crippen LogP contribution in [-0.4, -0.2) is 37.4 Å². The van der Waals surface area contributed by atoms with Crippen molar-refractivity contribution in [2.24, 2.45) is 11.8 Å². The molecule has 5 atom stereocenters. The first kappa shape index (κ1) is 18.9. The smallest absolute Gasteiger partial charge is 0.0583 e. The maximum Gasteiger partial charge on any atom is 0.0583 e. The second kappa shape index (κ2) is 10.6. The third kappa shape index (κ3) is 5.88. The highest BCUT2D eigenvalue weighted by Gasteiger charge is 2.29. The predicted molar refractivity (Wildman–Crippen MR) is 91.6 cm³/mol. The van der Waals surface area contributed by atoms with Gasteiger partial charge in [0.05, 0.1) is 6.10 Å². The fraction of sp³-hybridized carbons (Fsp3) is 1.00. The molecule has 0 radical (unpaired) electrons. The van der Waals surface area contributed by atoms with Crippen molar-refractivity contribution >= 4 is 0 Å². The van der Waals surface area contributed by atoms with Crippen LogP contribution in [0.4, 0.5) is 0 Å². The molecule has 2 aliphatic rings. The number of aliphatic hydroxyl groups excluding tert-OH is 1. The average molecular weight is 299 g/mol. The summed E-state index contributed by atoms with van der Waals surface area (Å²) in [6, 6.07) is 1.38. The van der Waals surface area contributed by atoms with Gasteiger partial charge >= 0.3 is 0 Å². The van der Waals surface area contributed by atoms with Crippen LogP contribution in [0, 0.1) is 11.8 Å². The standard InChI is InChI=1S/C9H19NO.C9H19N/c1-3-7-8(10-2)5-4-6-9(7)11;1-3-5-8-6-4-7-9(8)10-2/h7-11H,3-6H2,1-2H3;8-10H,3-7H2,1-2H3. The third-order valence-corrected chi connectivity index (χ3v) is 5.56. The van der Waals surface area contributed by atoms with Gasteiger partial charge in [-0.1, -0.05) is 26.7 Å². The van der Waals surface area contributed by atoms with E-state index in [1.807, 2.05) is 7.05 Å². The molecule has 2 rings (SSSR count). The number of aliphatic hydroxyl groups is 1. The molecule has 3 heteroatoms. The Morgan fingerprint density at radius 1 is 0.905 bits per heavy atom. The second-order valence-electron chi connectivity index (χ2n) is 6.84. The van der Waals surface area contributed by atoms with E-state index in [1.165, 1.54) is 44.9 Å². The number of rotatable bonds is 5. The topological polar surface area (TPSA) is 44.3 Å². The van der Waals surface area contributed by atoms with E-state index in [1.54, 1.807) is 0 Å². The summed E-state index contributed by atoms with van der Waals surface area (Å²) in [6.07, 6.45) is 11.5. The highest BCUT2D eigenvalue weighted by molar-refractivity contribution is 4.84. The van der Waals surface area contributed by atoms with Crippen molar-refractivity contribution < 1.29 is 5.11 Å². The van der Waals surface area contributed by atoms with Gasteiger partial charge in [0.2, 0.25) is 0 Å². The molecule has 3 N–H and O–H groups in total. The van der Waals surface area contributed by atoms with Crippen molar-refractivity contribution in [3.63, 3.8) is 0 Å². The lowest BCUT2D eigenvalue weighted by molar-refractivity contribution is 0.0474. The van der Waals surface area contributed by atoms with Gasteiger partial charge in [0.1, 0.15) is 0 Å². The molecular weight excluding hydrogens is 260 g/mol. The number of hydrogen-bond donors (Lipinski definition) is 3. The summed E-state index contributed by atoms with van der Waals surface area (Å²) in [6.45, 7) is 4.44. The van der Waals surface area contributed by atoms with E-state index in [9.17, 15) is 5.11 Å². The normalized spacial score (nSPS) is 36.1. The van der Waals surface area contributed by atoms with Crippen LogP contribution >= 0.6 is 0 Å². The van der Waals surface area contributed by atoms with Crippen molar-refractivity contribution in [1.29, 1.82) is 0 Å². The minimum absolute atomic E-state index is 0.0637. The van der Waals surface area contributed by atoms with Gasteiger partial charge in [-0.15, -0.1) is 0 Å². The second-order valence-corrected chi connectivity index (χ2v) is 6.84. The molecule has 0 spiro atoms. The third-order valence-electron chi connectivity index (χ3n) is 5.56. The van der Waals surface area contributed by atoms with E-state index in [4.69, 9.17) is 0 Å². The van der Waals surface area contributed by atoms with Crippen LogP contribution in [0.1, 0.15) is 71.6 Å². The molecule has 126 valence electrons. The van der Waals surface area contributed by atoms with Crippen LogP contribution in [0.2, 0.25) is 0 Å². The van der Waals surface area contributed by atoms with E-state index in [-0.39, 0.29) is 6.10 Å². The molecule has 5 unspecified atom stereocenters. The van der Waals surface area contributed by atoms with Gasteiger partial charge in [0.25, 0.3) is 0 Å². The lowest BCUT2D eigenvalue weighted by Crippen LogP contribution is -2.43. The van der Waals surface area contributed by atoms with Crippen LogP contribution in [0.5, 0.6) is 0 Å². The molecule has 0 amide bonds. The van der Waals surface area contributed by atoms with E-state index >= 15 is 0 Å². The SMILES string of the molecule is CCC1C(O)CCCC1NC.CCCC1CCCC1NC. The number of hydrogen-bond acceptors (Lipinski definition) is 3. The van der Waals surface area contributed by atoms with Crippen LogP contribution in [-0.2, 0) is 0 Å². The molecule has 0 bridgehead atoms. The Morgan fingerprint density at radius 2 is 1.52 bits per heavy atom. The van der Waals surface area contributed by atoms with E-state index in [0.29, 0.717) is 12.0 Å². The fourth-order valence-corrected chi connectivity index (χ4v) is 4.29. The Kier molecular flexibility index (Phi) is 9.54. The molecule has 0 aromatic heterocycles. The quantitative estimate of drug-likeness (QED) is 0.729. The molecule has 0 aromatic carbocycles. The summed E-state index contributed by atoms with van der Waals surface area (Å²) >= 11 is 0. The van der Waals surface area contributed by atoms with E-state index in [0.717, 1.165) is 24.8 Å². The Balaban J connectivity index is 0.000000211. The Morgan fingerprint density at radius 3 is 2.05 bits per heavy atom. The number of nitrogens with one attached hydrogen (secondary N) is 2. The summed E-state index contributed by atoms with van der Waals surface area (Å²) in [5.74, 6) is 1.46. The van der Waals surface area contributed by atoms with Gasteiger partial charge < -0.3 is 15.7 Å². The zero-order chi connectivity index (χ0) is 15.7. The summed E-state index contributed by atoms with van der Waals surface area (Å²) in [7, 11) is 4.09. The van der Waals surface area contributed by atoms with Gasteiger partial charge in [0.15, 0.2) is 0 Å². The largest absolute Gasteiger partial charge is 0.393 e. The maximum absolute atomic E-state index is 9.63. The highest BCUT2D eigenvalue weighted by Crippen LogP contribution is 2.29. The lowest BCUT2D eigenvalue weighted by Gasteiger charge is -2.34. The van der Waals surface area contributed by atoms with E-state index in [2.05, 4.69) is 31.5 Å². The highest BCUT2D eigenvalue weighted by atomic mass is 16.3. The van der Waals surface area contributed by atoms with Crippen LogP contribution in [0.15, 0.2) is 0 Å². The Bertz CT molecular complexity index is 260. The molecule has 2 aliphatic carbocycles. The first-order chi connectivity index (χ1) is 10.2. The lowest BCUT2D eigenvalue weighted by atomic mass is 9.81. The van der Waals surface area contributed by atoms with Crippen molar-refractivity contribution in [3.8, 4) is 0 Å². The van der Waals surface area contributed by atoms with E-state index < -0.39 is 0 Å². The monoisotopic (exact) mass is 298 g/mol. The van der Waals surface area contributed by atoms with Gasteiger partial charge in [-0.2, -0.15) is 0 Å². The summed E-state index contributed by atoms with van der Waals surface area (Å²) < 4.78 is 0. The van der Waals surface area contributed by atoms with Gasteiger partial charge in [-0.25, -0.2) is 0 Å². The maximum atomic E-state index is 9.63. The van der Waals surface area contributed by atoms with Crippen molar-refractivity contribution in [3.05, 3.63) is 0 Å². The van der Waals surface area contributed by atoms with Crippen LogP contribution in [0.25, 0.3) is 0 Å². The first-order valence-corrected chi connectivity index (χ1v) is 9.20. The summed E-state index contributed by atoms with van der Waals surface area (Å²) in [5, 5.41) is 16.3. The molecular formula is C18H38N2O. The molecule has 2 saturated carbocycles. The summed E-state index contributed by atoms with van der Waals surface area (Å²) in [4.78, 5) is 0. The molecule has 3 nitrogen and oxygen atoms in total. The van der Waals surface area contributed by atoms with Crippen molar-refractivity contribution in [2.45, 2.75) is 89.8 Å². The van der Waals surface area contributed by atoms with Gasteiger partial charge in [-0.3, -0.25) is 0 Å². The van der Waals surface area contributed by atoms with Crippen molar-refractivity contribution in [2.75, 3.05) is 14.1 Å². The summed E-state index contributed by atoms with van der Waals surface area (Å²) in [5.41, 5.74) is 0. The zero-order valence-electron chi connectivity index (χ0n) is 14.7. The zero-order valence-corrected chi connectivity index (χ0v) is 14.7. The Hall–Kier alpha value is -0.120. The molecule has 0 aromatic rings. The molecule has 0 heterocycles. The van der Waals surface area contributed by atoms with Crippen LogP contribution in [0.3, 0.4) is 0 Å². The van der Waals surface area contributed by atoms with Gasteiger partial charge in [-0.05, 0) is 70.9 Å². The predicted octanol–water partition coefficient (Wildman–Crippen LogP) is 3.32. The average Bonchev–Trinajstić information content (AvgIpc) is 2.95. The first-order valence-electron chi connectivity index (χ1n) is 9.20. The van der Waals surface area contributed by atoms with Crippen molar-refractivity contribution in [1.82, 2.24) is 10.6 Å². The van der Waals surface area contributed by atoms with Gasteiger partial charge in [0, 0.05) is 12.1 Å². The Labute approximate surface area is 132 Å². The minimum atomic E-state index is -0.0637. The molecule has 0 saturated heterocycles. The molecule has 0 aliphatic heterocycles. The fourth-order valence-electron chi connectivity index (χ4n) is 4.29. The van der Waals surface area contributed by atoms with Crippen LogP contribution < -0.4 is 10.6 Å². The minimum Gasteiger partial charge on any atom is -0.393 e.